The fourth-order valence-electron chi connectivity index (χ4n) is 0.440. The lowest BCUT2D eigenvalue weighted by Crippen LogP contribution is -2.55. The second-order valence-corrected chi connectivity index (χ2v) is 4.15. The third kappa shape index (κ3) is 3.16. The summed E-state index contributed by atoms with van der Waals surface area (Å²) in [7, 11) is -6.34. The van der Waals surface area contributed by atoms with Crippen LogP contribution in [0.4, 0.5) is 35.1 Å². The topological polar surface area (TPSA) is 69.4 Å². The lowest BCUT2D eigenvalue weighted by Gasteiger charge is -2.27. The highest BCUT2D eigenvalue weighted by Crippen LogP contribution is 2.43. The van der Waals surface area contributed by atoms with Gasteiger partial charge >= 0.3 is 23.9 Å². The third-order valence-corrected chi connectivity index (χ3v) is 2.17. The van der Waals surface area contributed by atoms with Crippen LogP contribution in [0, 0.1) is 0 Å². The molecule has 0 rings (SSSR count). The number of ether oxygens (including phenoxy) is 1. The van der Waals surface area contributed by atoms with Crippen molar-refractivity contribution in [1.29, 1.82) is 0 Å². The first-order valence-electron chi connectivity index (χ1n) is 3.29. The smallest absolute Gasteiger partial charge is 0.245 e. The monoisotopic (exact) mass is 297 g/mol. The van der Waals surface area contributed by atoms with Gasteiger partial charge in [-0.15, -0.1) is 0 Å². The molecule has 104 valence electrons. The second kappa shape index (κ2) is 4.20. The van der Waals surface area contributed by atoms with Gasteiger partial charge in [-0.1, -0.05) is 0 Å². The van der Waals surface area contributed by atoms with Crippen LogP contribution in [-0.2, 0) is 14.8 Å². The average Bonchev–Trinajstić information content (AvgIpc) is 1.98. The van der Waals surface area contributed by atoms with Crippen molar-refractivity contribution in [3.8, 4) is 0 Å². The van der Waals surface area contributed by atoms with Crippen LogP contribution in [0.15, 0.2) is 0 Å². The zero-order valence-electron chi connectivity index (χ0n) is 7.31. The largest absolute Gasteiger partial charge is 0.448 e. The van der Waals surface area contributed by atoms with E-state index in [9.17, 15) is 43.5 Å². The van der Waals surface area contributed by atoms with Gasteiger partial charge in [-0.2, -0.15) is 26.3 Å². The van der Waals surface area contributed by atoms with Gasteiger partial charge in [0.05, 0.1) is 0 Å². The first kappa shape index (κ1) is 16.3. The van der Waals surface area contributed by atoms with E-state index in [1.807, 2.05) is 4.74 Å². The molecule has 0 aliphatic rings. The summed E-state index contributed by atoms with van der Waals surface area (Å²) in [6.45, 7) is 0. The van der Waals surface area contributed by atoms with Crippen molar-refractivity contribution in [2.45, 2.75) is 23.9 Å². The fraction of sp³-hybridized carbons (Fsp3) is 1.00. The first-order valence-corrected chi connectivity index (χ1v) is 4.84. The van der Waals surface area contributed by atoms with Crippen LogP contribution in [0.5, 0.6) is 0 Å². The van der Waals surface area contributed by atoms with Crippen molar-refractivity contribution in [1.82, 2.24) is 0 Å². The van der Waals surface area contributed by atoms with Crippen molar-refractivity contribution in [2.24, 2.45) is 5.14 Å². The Kier molecular flexibility index (Phi) is 4.03. The maximum absolute atomic E-state index is 12.3. The van der Waals surface area contributed by atoms with E-state index >= 15 is 0 Å². The SMILES string of the molecule is NS(=O)(=O)C(F)(F)C(F)(F)OC(F)(F)C(F)F. The molecular formula is C4H3F8NO3S. The van der Waals surface area contributed by atoms with Gasteiger partial charge < -0.3 is 0 Å². The van der Waals surface area contributed by atoms with Crippen molar-refractivity contribution >= 4 is 10.0 Å². The van der Waals surface area contributed by atoms with Crippen molar-refractivity contribution in [3.63, 3.8) is 0 Å². The molecule has 0 aliphatic heterocycles. The Hall–Kier alpha value is -0.690. The second-order valence-electron chi connectivity index (χ2n) is 2.54. The number of nitrogens with two attached hydrogens (primary N) is 1. The minimum atomic E-state index is -6.43. The molecule has 0 fully saturated rings. The molecule has 0 atom stereocenters. The lowest BCUT2D eigenvalue weighted by atomic mass is 10.6. The number of rotatable bonds is 5. The molecule has 0 spiro atoms. The molecule has 0 unspecified atom stereocenters. The minimum absolute atomic E-state index is 1.85. The van der Waals surface area contributed by atoms with Gasteiger partial charge in [0.1, 0.15) is 0 Å². The highest BCUT2D eigenvalue weighted by molar-refractivity contribution is 7.90. The summed E-state index contributed by atoms with van der Waals surface area (Å²) < 4.78 is 118. The van der Waals surface area contributed by atoms with Gasteiger partial charge in [-0.25, -0.2) is 27.1 Å². The Morgan fingerprint density at radius 2 is 1.35 bits per heavy atom. The molecule has 17 heavy (non-hydrogen) atoms. The van der Waals surface area contributed by atoms with E-state index in [2.05, 4.69) is 5.14 Å². The maximum Gasteiger partial charge on any atom is 0.448 e. The number of alkyl halides is 8. The molecule has 0 aromatic heterocycles. The number of hydrogen-bond acceptors (Lipinski definition) is 3. The Morgan fingerprint density at radius 3 is 1.59 bits per heavy atom. The van der Waals surface area contributed by atoms with Crippen LogP contribution in [-0.4, -0.2) is 32.3 Å². The van der Waals surface area contributed by atoms with Crippen LogP contribution in [0.2, 0.25) is 0 Å². The average molecular weight is 297 g/mol. The van der Waals surface area contributed by atoms with E-state index < -0.39 is 33.9 Å². The molecule has 2 N–H and O–H groups in total. The first-order chi connectivity index (χ1) is 7.15. The van der Waals surface area contributed by atoms with Gasteiger partial charge in [0.25, 0.3) is 10.0 Å². The summed E-state index contributed by atoms with van der Waals surface area (Å²) >= 11 is 0. The quantitative estimate of drug-likeness (QED) is 0.778. The van der Waals surface area contributed by atoms with E-state index in [1.165, 1.54) is 0 Å². The van der Waals surface area contributed by atoms with E-state index in [-0.39, 0.29) is 0 Å². The Balaban J connectivity index is 5.32. The Labute approximate surface area is 88.4 Å². The fourth-order valence-corrected chi connectivity index (χ4v) is 0.813. The van der Waals surface area contributed by atoms with Crippen LogP contribution < -0.4 is 5.14 Å². The third-order valence-electron chi connectivity index (χ3n) is 1.21. The molecule has 0 amide bonds. The number of halogens is 8. The summed E-state index contributed by atoms with van der Waals surface area (Å²) in [6, 6.07) is 0. The van der Waals surface area contributed by atoms with Crippen LogP contribution in [0.3, 0.4) is 0 Å². The normalized spacial score (nSPS) is 15.4. The summed E-state index contributed by atoms with van der Waals surface area (Å²) in [5.74, 6) is 0. The maximum atomic E-state index is 12.3. The summed E-state index contributed by atoms with van der Waals surface area (Å²) in [6.07, 6.45) is -17.3. The predicted molar refractivity (Wildman–Crippen MR) is 35.0 cm³/mol. The summed E-state index contributed by atoms with van der Waals surface area (Å²) in [5, 5.41) is -2.67. The predicted octanol–water partition coefficient (Wildman–Crippen LogP) is 1.34. The van der Waals surface area contributed by atoms with Gasteiger partial charge in [-0.05, 0) is 0 Å². The van der Waals surface area contributed by atoms with Crippen LogP contribution in [0.1, 0.15) is 0 Å². The highest BCUT2D eigenvalue weighted by atomic mass is 32.2. The van der Waals surface area contributed by atoms with E-state index in [0.717, 1.165) is 0 Å². The van der Waals surface area contributed by atoms with E-state index in [0.29, 0.717) is 0 Å². The molecular weight excluding hydrogens is 294 g/mol. The number of primary sulfonamides is 1. The van der Waals surface area contributed by atoms with Crippen LogP contribution in [0.25, 0.3) is 0 Å². The summed E-state index contributed by atoms with van der Waals surface area (Å²) in [4.78, 5) is 0. The van der Waals surface area contributed by atoms with Crippen molar-refractivity contribution in [2.75, 3.05) is 0 Å². The zero-order valence-corrected chi connectivity index (χ0v) is 8.13. The van der Waals surface area contributed by atoms with Gasteiger partial charge in [0.2, 0.25) is 0 Å². The molecule has 0 aromatic carbocycles. The van der Waals surface area contributed by atoms with Gasteiger partial charge in [-0.3, -0.25) is 0 Å². The molecule has 0 saturated carbocycles. The molecule has 4 nitrogen and oxygen atoms in total. The van der Waals surface area contributed by atoms with E-state index in [1.54, 1.807) is 0 Å². The Morgan fingerprint density at radius 1 is 1.00 bits per heavy atom. The van der Waals surface area contributed by atoms with Gasteiger partial charge in [0, 0.05) is 0 Å². The molecule has 0 heterocycles. The standard InChI is InChI=1S/C4H3F8NO3S/c5-1(6)2(7,8)16-3(9,10)4(11,12)17(13,14)15/h1H,(H2,13,14,15). The molecule has 0 saturated heterocycles. The van der Waals surface area contributed by atoms with E-state index in [4.69, 9.17) is 0 Å². The molecule has 0 aromatic rings. The highest BCUT2D eigenvalue weighted by Gasteiger charge is 2.70. The minimum Gasteiger partial charge on any atom is -0.245 e. The number of sulfonamides is 1. The molecule has 0 bridgehead atoms. The summed E-state index contributed by atoms with van der Waals surface area (Å²) in [5.41, 5.74) is 0. The van der Waals surface area contributed by atoms with Crippen molar-refractivity contribution < 1.29 is 48.3 Å². The number of hydrogen-bond donors (Lipinski definition) is 1. The van der Waals surface area contributed by atoms with Crippen LogP contribution >= 0.6 is 0 Å². The molecule has 0 radical (unpaired) electrons. The van der Waals surface area contributed by atoms with Gasteiger partial charge in [0.15, 0.2) is 0 Å². The molecule has 0 aliphatic carbocycles. The zero-order chi connectivity index (χ0) is 14.3. The lowest BCUT2D eigenvalue weighted by molar-refractivity contribution is -0.435. The van der Waals surface area contributed by atoms with Crippen molar-refractivity contribution in [3.05, 3.63) is 0 Å². The Bertz CT molecular complexity index is 378. The molecule has 13 heteroatoms.